The maximum atomic E-state index is 6.14. The monoisotopic (exact) mass is 597 g/mol. The Morgan fingerprint density at radius 3 is 1.57 bits per heavy atom. The number of fused-ring (bicyclic) bond motifs is 6. The van der Waals surface area contributed by atoms with Gasteiger partial charge in [0.15, 0.2) is 0 Å². The molecule has 2 nitrogen and oxygen atoms in total. The molecule has 0 unspecified atom stereocenters. The molecule has 0 aliphatic carbocycles. The van der Waals surface area contributed by atoms with Crippen molar-refractivity contribution in [1.29, 1.82) is 0 Å². The second-order valence-corrected chi connectivity index (χ2v) is 14.7. The van der Waals surface area contributed by atoms with Crippen LogP contribution in [-0.4, -0.2) is 4.57 Å². The van der Waals surface area contributed by atoms with Crippen molar-refractivity contribution in [3.05, 3.63) is 139 Å². The van der Waals surface area contributed by atoms with E-state index in [4.69, 9.17) is 4.42 Å². The van der Waals surface area contributed by atoms with E-state index in [9.17, 15) is 0 Å². The van der Waals surface area contributed by atoms with Gasteiger partial charge in [-0.3, -0.25) is 0 Å². The summed E-state index contributed by atoms with van der Waals surface area (Å²) in [4.78, 5) is 0. The molecular weight excluding hydrogens is 558 g/mol. The van der Waals surface area contributed by atoms with E-state index in [-0.39, 0.29) is 10.8 Å². The first-order valence-corrected chi connectivity index (χ1v) is 16.3. The second kappa shape index (κ2) is 10.2. The third kappa shape index (κ3) is 4.63. The zero-order valence-electron chi connectivity index (χ0n) is 27.5. The van der Waals surface area contributed by atoms with Crippen LogP contribution in [0.25, 0.3) is 71.7 Å². The molecule has 2 heteroatoms. The minimum absolute atomic E-state index is 0.0836. The molecule has 0 atom stereocenters. The van der Waals surface area contributed by atoms with Crippen molar-refractivity contribution in [2.45, 2.75) is 52.4 Å². The van der Waals surface area contributed by atoms with Gasteiger partial charge in [-0.05, 0) is 92.7 Å². The first kappa shape index (κ1) is 28.4. The van der Waals surface area contributed by atoms with Crippen LogP contribution in [0.15, 0.2) is 132 Å². The Kier molecular flexibility index (Phi) is 6.31. The zero-order chi connectivity index (χ0) is 31.8. The molecule has 6 aromatic carbocycles. The molecule has 0 aliphatic heterocycles. The highest BCUT2D eigenvalue weighted by atomic mass is 16.3. The fourth-order valence-corrected chi connectivity index (χ4v) is 6.89. The molecule has 0 N–H and O–H groups in total. The number of rotatable bonds is 3. The van der Waals surface area contributed by atoms with Crippen LogP contribution in [0.1, 0.15) is 52.7 Å². The molecule has 0 saturated carbocycles. The van der Waals surface area contributed by atoms with E-state index in [1.807, 2.05) is 12.1 Å². The molecule has 46 heavy (non-hydrogen) atoms. The molecule has 2 aromatic heterocycles. The number of para-hydroxylation sites is 1. The lowest BCUT2D eigenvalue weighted by Gasteiger charge is -2.19. The quantitative estimate of drug-likeness (QED) is 0.198. The first-order valence-electron chi connectivity index (χ1n) is 16.3. The summed E-state index contributed by atoms with van der Waals surface area (Å²) < 4.78 is 8.57. The summed E-state index contributed by atoms with van der Waals surface area (Å²) in [5, 5.41) is 4.95. The maximum Gasteiger partial charge on any atom is 0.136 e. The molecule has 226 valence electrons. The standard InChI is InChI=1S/C44H39NO/c1-43(2,3)31-20-24-38-36(26-31)37-27-32(44(4,5)6)21-25-39(37)45(38)33-22-18-29(19-23-33)28-14-16-30(17-15-28)34-11-9-13-41-42(34)35-10-7-8-12-40(35)46-41/h7-27H,1-6H3. The average molecular weight is 598 g/mol. The van der Waals surface area contributed by atoms with Crippen LogP contribution in [0.5, 0.6) is 0 Å². The Morgan fingerprint density at radius 2 is 0.978 bits per heavy atom. The normalized spacial score (nSPS) is 12.6. The fraction of sp³-hybridized carbons (Fsp3) is 0.182. The number of hydrogen-bond acceptors (Lipinski definition) is 1. The molecule has 0 amide bonds. The van der Waals surface area contributed by atoms with E-state index >= 15 is 0 Å². The van der Waals surface area contributed by atoms with Gasteiger partial charge in [0.05, 0.1) is 11.0 Å². The van der Waals surface area contributed by atoms with Crippen molar-refractivity contribution in [2.75, 3.05) is 0 Å². The van der Waals surface area contributed by atoms with Crippen molar-refractivity contribution in [1.82, 2.24) is 4.57 Å². The predicted octanol–water partition coefficient (Wildman–Crippen LogP) is 12.6. The minimum Gasteiger partial charge on any atom is -0.456 e. The highest BCUT2D eigenvalue weighted by Gasteiger charge is 2.21. The molecule has 8 aromatic rings. The van der Waals surface area contributed by atoms with Crippen LogP contribution >= 0.6 is 0 Å². The van der Waals surface area contributed by atoms with Crippen molar-refractivity contribution >= 4 is 43.7 Å². The Balaban J connectivity index is 1.19. The number of nitrogens with zero attached hydrogens (tertiary/aromatic N) is 1. The van der Waals surface area contributed by atoms with Crippen LogP contribution in [-0.2, 0) is 10.8 Å². The molecule has 8 rings (SSSR count). The zero-order valence-corrected chi connectivity index (χ0v) is 27.5. The van der Waals surface area contributed by atoms with E-state index in [1.165, 1.54) is 66.3 Å². The Morgan fingerprint density at radius 1 is 0.457 bits per heavy atom. The first-order chi connectivity index (χ1) is 22.1. The molecule has 0 radical (unpaired) electrons. The molecule has 0 fully saturated rings. The molecular formula is C44H39NO. The van der Waals surface area contributed by atoms with Crippen molar-refractivity contribution in [2.24, 2.45) is 0 Å². The summed E-state index contributed by atoms with van der Waals surface area (Å²) in [6.07, 6.45) is 0. The van der Waals surface area contributed by atoms with E-state index < -0.39 is 0 Å². The fourth-order valence-electron chi connectivity index (χ4n) is 6.89. The largest absolute Gasteiger partial charge is 0.456 e. The lowest BCUT2D eigenvalue weighted by molar-refractivity contribution is 0.590. The Bertz CT molecular complexity index is 2330. The van der Waals surface area contributed by atoms with Crippen LogP contribution < -0.4 is 0 Å². The molecule has 0 spiro atoms. The Labute approximate surface area is 270 Å². The van der Waals surface area contributed by atoms with Gasteiger partial charge in [-0.1, -0.05) is 120 Å². The van der Waals surface area contributed by atoms with E-state index in [0.717, 1.165) is 16.6 Å². The summed E-state index contributed by atoms with van der Waals surface area (Å²) in [5.74, 6) is 0. The van der Waals surface area contributed by atoms with Gasteiger partial charge in [-0.15, -0.1) is 0 Å². The molecule has 0 saturated heterocycles. The summed E-state index contributed by atoms with van der Waals surface area (Å²) in [5.41, 5.74) is 13.2. The molecule has 2 heterocycles. The summed E-state index contributed by atoms with van der Waals surface area (Å²) in [6, 6.07) is 46.6. The van der Waals surface area contributed by atoms with Gasteiger partial charge < -0.3 is 8.98 Å². The Hall–Kier alpha value is -5.08. The number of aromatic nitrogens is 1. The van der Waals surface area contributed by atoms with Crippen LogP contribution in [0.4, 0.5) is 0 Å². The van der Waals surface area contributed by atoms with Gasteiger partial charge in [-0.2, -0.15) is 0 Å². The van der Waals surface area contributed by atoms with E-state index in [2.05, 4.69) is 161 Å². The number of benzene rings is 6. The van der Waals surface area contributed by atoms with Gasteiger partial charge in [0.25, 0.3) is 0 Å². The van der Waals surface area contributed by atoms with Gasteiger partial charge >= 0.3 is 0 Å². The van der Waals surface area contributed by atoms with Crippen LogP contribution in [0.2, 0.25) is 0 Å². The summed E-state index contributed by atoms with van der Waals surface area (Å²) in [7, 11) is 0. The highest BCUT2D eigenvalue weighted by Crippen LogP contribution is 2.39. The van der Waals surface area contributed by atoms with Gasteiger partial charge in [0.2, 0.25) is 0 Å². The predicted molar refractivity (Wildman–Crippen MR) is 196 cm³/mol. The van der Waals surface area contributed by atoms with Crippen molar-refractivity contribution in [3.63, 3.8) is 0 Å². The van der Waals surface area contributed by atoms with Gasteiger partial charge in [-0.25, -0.2) is 0 Å². The molecule has 0 bridgehead atoms. The third-order valence-electron chi connectivity index (χ3n) is 9.55. The summed E-state index contributed by atoms with van der Waals surface area (Å²) in [6.45, 7) is 13.7. The minimum atomic E-state index is 0.0836. The summed E-state index contributed by atoms with van der Waals surface area (Å²) >= 11 is 0. The SMILES string of the molecule is CC(C)(C)c1ccc2c(c1)c1cc(C(C)(C)C)ccc1n2-c1ccc(-c2ccc(-c3cccc4oc5ccccc5c34)cc2)cc1. The van der Waals surface area contributed by atoms with Crippen LogP contribution in [0.3, 0.4) is 0 Å². The lowest BCUT2D eigenvalue weighted by atomic mass is 9.85. The second-order valence-electron chi connectivity index (χ2n) is 14.7. The van der Waals surface area contributed by atoms with E-state index in [0.29, 0.717) is 0 Å². The number of furan rings is 1. The van der Waals surface area contributed by atoms with Crippen molar-refractivity contribution < 1.29 is 4.42 Å². The van der Waals surface area contributed by atoms with Gasteiger partial charge in [0, 0.05) is 27.2 Å². The highest BCUT2D eigenvalue weighted by molar-refractivity contribution is 6.12. The smallest absolute Gasteiger partial charge is 0.136 e. The van der Waals surface area contributed by atoms with E-state index in [1.54, 1.807) is 0 Å². The van der Waals surface area contributed by atoms with Crippen LogP contribution in [0, 0.1) is 0 Å². The molecule has 0 aliphatic rings. The topological polar surface area (TPSA) is 18.1 Å². The maximum absolute atomic E-state index is 6.14. The lowest BCUT2D eigenvalue weighted by Crippen LogP contribution is -2.10. The average Bonchev–Trinajstić information content (AvgIpc) is 3.59. The van der Waals surface area contributed by atoms with Crippen molar-refractivity contribution in [3.8, 4) is 27.9 Å². The number of hydrogen-bond donors (Lipinski definition) is 0. The van der Waals surface area contributed by atoms with Gasteiger partial charge in [0.1, 0.15) is 11.2 Å². The third-order valence-corrected chi connectivity index (χ3v) is 9.55.